The van der Waals surface area contributed by atoms with Crippen LogP contribution in [0.25, 0.3) is 11.0 Å². The van der Waals surface area contributed by atoms with Gasteiger partial charge in [0.15, 0.2) is 0 Å². The van der Waals surface area contributed by atoms with Crippen molar-refractivity contribution >= 4 is 16.9 Å². The lowest BCUT2D eigenvalue weighted by atomic mass is 9.80. The lowest BCUT2D eigenvalue weighted by Crippen LogP contribution is -2.52. The number of nitrogens with zero attached hydrogens (tertiary/aromatic N) is 6. The highest BCUT2D eigenvalue weighted by molar-refractivity contribution is 5.85. The van der Waals surface area contributed by atoms with Crippen LogP contribution in [0.4, 0.5) is 0 Å². The molecule has 8 heteroatoms. The molecule has 4 rings (SSSR count). The van der Waals surface area contributed by atoms with Crippen LogP contribution in [0.3, 0.4) is 0 Å². The molecule has 2 aromatic heterocycles. The van der Waals surface area contributed by atoms with Crippen LogP contribution in [0, 0.1) is 5.92 Å². The lowest BCUT2D eigenvalue weighted by Gasteiger charge is -2.36. The van der Waals surface area contributed by atoms with E-state index in [4.69, 9.17) is 4.98 Å². The normalized spacial score (nSPS) is 17.7. The van der Waals surface area contributed by atoms with Crippen molar-refractivity contribution in [3.8, 4) is 0 Å². The van der Waals surface area contributed by atoms with Crippen LogP contribution in [0.1, 0.15) is 57.8 Å². The fraction of sp³-hybridized carbons (Fsp3) is 0.550. The Hall–Kier alpha value is -2.77. The summed E-state index contributed by atoms with van der Waals surface area (Å²) in [5, 5.41) is 14.9. The summed E-state index contributed by atoms with van der Waals surface area (Å²) in [5.74, 6) is 1.03. The molecule has 148 valence electrons. The fourth-order valence-electron chi connectivity index (χ4n) is 4.30. The van der Waals surface area contributed by atoms with Gasteiger partial charge in [-0.2, -0.15) is 0 Å². The third-order valence-corrected chi connectivity index (χ3v) is 5.94. The van der Waals surface area contributed by atoms with Gasteiger partial charge < -0.3 is 9.88 Å². The molecule has 8 nitrogen and oxygen atoms in total. The second-order valence-electron chi connectivity index (χ2n) is 8.06. The van der Waals surface area contributed by atoms with E-state index in [0.717, 1.165) is 49.0 Å². The number of hydrogen-bond donors (Lipinski definition) is 1. The molecular formula is C20H27N7O. The zero-order valence-corrected chi connectivity index (χ0v) is 16.7. The number of nitrogens with one attached hydrogen (secondary N) is 1. The topological polar surface area (TPSA) is 90.5 Å². The molecule has 0 aliphatic heterocycles. The summed E-state index contributed by atoms with van der Waals surface area (Å²) < 4.78 is 3.72. The van der Waals surface area contributed by atoms with E-state index in [2.05, 4.69) is 45.3 Å². The highest BCUT2D eigenvalue weighted by Crippen LogP contribution is 2.36. The molecule has 1 amide bonds. The number of carbonyl (C=O) groups excluding carboxylic acids is 1. The molecule has 1 N–H and O–H groups in total. The van der Waals surface area contributed by atoms with Crippen molar-refractivity contribution in [2.75, 3.05) is 0 Å². The average Bonchev–Trinajstić information content (AvgIpc) is 3.35. The second-order valence-corrected chi connectivity index (χ2v) is 8.06. The van der Waals surface area contributed by atoms with Gasteiger partial charge in [0.2, 0.25) is 5.91 Å². The van der Waals surface area contributed by atoms with Gasteiger partial charge in [-0.05, 0) is 41.3 Å². The Bertz CT molecular complexity index is 954. The first kappa shape index (κ1) is 18.6. The third-order valence-electron chi connectivity index (χ3n) is 5.94. The maximum Gasteiger partial charge on any atom is 0.248 e. The van der Waals surface area contributed by atoms with Crippen molar-refractivity contribution in [1.82, 2.24) is 35.1 Å². The first-order valence-electron chi connectivity index (χ1n) is 9.99. The number of amides is 1. The number of benzene rings is 1. The van der Waals surface area contributed by atoms with Gasteiger partial charge in [0.25, 0.3) is 0 Å². The molecule has 1 aromatic carbocycles. The Balaban J connectivity index is 1.69. The molecule has 1 fully saturated rings. The number of para-hydroxylation sites is 2. The minimum Gasteiger partial charge on any atom is -0.344 e. The molecule has 3 aromatic rings. The van der Waals surface area contributed by atoms with E-state index in [-0.39, 0.29) is 17.9 Å². The van der Waals surface area contributed by atoms with Crippen LogP contribution >= 0.6 is 0 Å². The molecule has 28 heavy (non-hydrogen) atoms. The van der Waals surface area contributed by atoms with Gasteiger partial charge >= 0.3 is 0 Å². The van der Waals surface area contributed by atoms with E-state index >= 15 is 0 Å². The average molecular weight is 381 g/mol. The number of hydrogen-bond acceptors (Lipinski definition) is 5. The van der Waals surface area contributed by atoms with Gasteiger partial charge in [0, 0.05) is 7.05 Å². The highest BCUT2D eigenvalue weighted by atomic mass is 16.2. The van der Waals surface area contributed by atoms with Gasteiger partial charge in [0.05, 0.1) is 17.1 Å². The van der Waals surface area contributed by atoms with Gasteiger partial charge in [-0.1, -0.05) is 45.2 Å². The Labute approximate surface area is 164 Å². The molecule has 1 unspecified atom stereocenters. The summed E-state index contributed by atoms with van der Waals surface area (Å²) in [4.78, 5) is 18.4. The standard InChI is InChI=1S/C20H27N7O/c1-14(2)17(18-22-15-9-5-6-10-16(15)26(18)3)23-19(28)20(11-7-4-8-12-20)27-13-21-24-25-27/h5-6,9-10,13-14,17H,4,7-8,11-12H2,1-3H3,(H,23,28). The van der Waals surface area contributed by atoms with Gasteiger partial charge in [-0.25, -0.2) is 9.67 Å². The van der Waals surface area contributed by atoms with Crippen molar-refractivity contribution in [2.24, 2.45) is 13.0 Å². The van der Waals surface area contributed by atoms with Crippen LogP contribution < -0.4 is 5.32 Å². The number of aromatic nitrogens is 6. The SMILES string of the molecule is CC(C)C(NC(=O)C1(n2cnnn2)CCCCC1)c1nc2ccccc2n1C. The van der Waals surface area contributed by atoms with E-state index in [1.807, 2.05) is 25.2 Å². The number of carbonyl (C=O) groups is 1. The zero-order chi connectivity index (χ0) is 19.7. The predicted octanol–water partition coefficient (Wildman–Crippen LogP) is 2.73. The van der Waals surface area contributed by atoms with Crippen molar-refractivity contribution in [3.63, 3.8) is 0 Å². The van der Waals surface area contributed by atoms with Crippen LogP contribution in [0.2, 0.25) is 0 Å². The summed E-state index contributed by atoms with van der Waals surface area (Å²) in [6, 6.07) is 7.85. The monoisotopic (exact) mass is 381 g/mol. The Morgan fingerprint density at radius 2 is 1.93 bits per heavy atom. The van der Waals surface area contributed by atoms with E-state index in [1.54, 1.807) is 11.0 Å². The van der Waals surface area contributed by atoms with Crippen LogP contribution in [-0.4, -0.2) is 35.7 Å². The molecule has 1 saturated carbocycles. The van der Waals surface area contributed by atoms with Crippen molar-refractivity contribution in [2.45, 2.75) is 57.5 Å². The molecule has 0 saturated heterocycles. The number of aryl methyl sites for hydroxylation is 1. The molecule has 1 aliphatic rings. The minimum absolute atomic E-state index is 0.0229. The van der Waals surface area contributed by atoms with E-state index in [1.165, 1.54) is 0 Å². The van der Waals surface area contributed by atoms with Crippen molar-refractivity contribution in [3.05, 3.63) is 36.4 Å². The van der Waals surface area contributed by atoms with Gasteiger partial charge in [-0.15, -0.1) is 5.10 Å². The van der Waals surface area contributed by atoms with Crippen LogP contribution in [0.5, 0.6) is 0 Å². The Morgan fingerprint density at radius 3 is 2.57 bits per heavy atom. The molecule has 1 atom stereocenters. The smallest absolute Gasteiger partial charge is 0.248 e. The number of tetrazole rings is 1. The summed E-state index contributed by atoms with van der Waals surface area (Å²) in [6.45, 7) is 4.21. The summed E-state index contributed by atoms with van der Waals surface area (Å²) in [7, 11) is 2.00. The van der Waals surface area contributed by atoms with E-state index < -0.39 is 5.54 Å². The van der Waals surface area contributed by atoms with Crippen molar-refractivity contribution in [1.29, 1.82) is 0 Å². The largest absolute Gasteiger partial charge is 0.344 e. The Kier molecular flexibility index (Phi) is 4.87. The Morgan fingerprint density at radius 1 is 1.18 bits per heavy atom. The second kappa shape index (κ2) is 7.33. The summed E-state index contributed by atoms with van der Waals surface area (Å²) >= 11 is 0. The van der Waals surface area contributed by atoms with E-state index in [9.17, 15) is 4.79 Å². The maximum atomic E-state index is 13.6. The molecule has 0 bridgehead atoms. The maximum absolute atomic E-state index is 13.6. The van der Waals surface area contributed by atoms with Crippen LogP contribution in [0.15, 0.2) is 30.6 Å². The number of rotatable bonds is 5. The third kappa shape index (κ3) is 3.06. The zero-order valence-electron chi connectivity index (χ0n) is 16.7. The molecule has 1 aliphatic carbocycles. The highest BCUT2D eigenvalue weighted by Gasteiger charge is 2.44. The summed E-state index contributed by atoms with van der Waals surface area (Å²) in [6.07, 6.45) is 6.17. The summed E-state index contributed by atoms with van der Waals surface area (Å²) in [5.41, 5.74) is 1.28. The number of imidazole rings is 1. The van der Waals surface area contributed by atoms with E-state index in [0.29, 0.717) is 0 Å². The quantitative estimate of drug-likeness (QED) is 0.734. The predicted molar refractivity (Wildman–Crippen MR) is 105 cm³/mol. The molecule has 2 heterocycles. The molecular weight excluding hydrogens is 354 g/mol. The molecule has 0 spiro atoms. The lowest BCUT2D eigenvalue weighted by molar-refractivity contribution is -0.133. The van der Waals surface area contributed by atoms with Crippen LogP contribution in [-0.2, 0) is 17.4 Å². The van der Waals surface area contributed by atoms with Crippen molar-refractivity contribution < 1.29 is 4.79 Å². The number of fused-ring (bicyclic) bond motifs is 1. The minimum atomic E-state index is -0.723. The van der Waals surface area contributed by atoms with Gasteiger partial charge in [0.1, 0.15) is 17.7 Å². The fourth-order valence-corrected chi connectivity index (χ4v) is 4.30. The van der Waals surface area contributed by atoms with Gasteiger partial charge in [-0.3, -0.25) is 4.79 Å². The first-order valence-corrected chi connectivity index (χ1v) is 9.99. The first-order chi connectivity index (χ1) is 13.5. The molecule has 0 radical (unpaired) electrons.